The van der Waals surface area contributed by atoms with Gasteiger partial charge in [0.05, 0.1) is 23.2 Å². The summed E-state index contributed by atoms with van der Waals surface area (Å²) in [5, 5.41) is 3.82. The van der Waals surface area contributed by atoms with Gasteiger partial charge in [-0.15, -0.1) is 0 Å². The fourth-order valence-electron chi connectivity index (χ4n) is 1.43. The number of nitrogens with one attached hydrogen (secondary N) is 1. The van der Waals surface area contributed by atoms with Gasteiger partial charge in [0, 0.05) is 6.54 Å². The van der Waals surface area contributed by atoms with Gasteiger partial charge >= 0.3 is 5.97 Å². The Balaban J connectivity index is 2.70. The van der Waals surface area contributed by atoms with Crippen molar-refractivity contribution in [3.05, 3.63) is 28.8 Å². The maximum absolute atomic E-state index is 11.5. The number of carbonyl (C=O) groups excluding carboxylic acids is 1. The molecule has 0 bridgehead atoms. The Labute approximate surface area is 107 Å². The molecule has 0 fully saturated rings. The fourth-order valence-corrected chi connectivity index (χ4v) is 1.73. The number of hydrogen-bond donors (Lipinski definition) is 1. The van der Waals surface area contributed by atoms with E-state index in [0.717, 1.165) is 11.3 Å². The predicted molar refractivity (Wildman–Crippen MR) is 70.5 cm³/mol. The zero-order valence-electron chi connectivity index (χ0n) is 10.6. The monoisotopic (exact) mass is 255 g/mol. The van der Waals surface area contributed by atoms with Crippen molar-refractivity contribution >= 4 is 23.3 Å². The maximum Gasteiger partial charge on any atom is 0.313 e. The highest BCUT2D eigenvalue weighted by atomic mass is 35.5. The molecule has 3 nitrogen and oxygen atoms in total. The van der Waals surface area contributed by atoms with Crippen molar-refractivity contribution in [3.63, 3.8) is 0 Å². The first kappa shape index (κ1) is 13.8. The molecule has 0 radical (unpaired) electrons. The van der Waals surface area contributed by atoms with Crippen LogP contribution in [0.25, 0.3) is 0 Å². The Morgan fingerprint density at radius 3 is 2.65 bits per heavy atom. The third-order valence-electron chi connectivity index (χ3n) is 2.58. The number of anilines is 1. The lowest BCUT2D eigenvalue weighted by atomic mass is 9.93. The van der Waals surface area contributed by atoms with Crippen LogP contribution in [-0.4, -0.2) is 19.6 Å². The zero-order valence-corrected chi connectivity index (χ0v) is 11.4. The third-order valence-corrected chi connectivity index (χ3v) is 2.90. The van der Waals surface area contributed by atoms with Gasteiger partial charge < -0.3 is 10.1 Å². The highest BCUT2D eigenvalue weighted by Crippen LogP contribution is 2.25. The molecule has 4 heteroatoms. The lowest BCUT2D eigenvalue weighted by Gasteiger charge is -2.22. The maximum atomic E-state index is 11.5. The first-order chi connectivity index (χ1) is 7.86. The van der Waals surface area contributed by atoms with Gasteiger partial charge in [0.2, 0.25) is 0 Å². The highest BCUT2D eigenvalue weighted by molar-refractivity contribution is 6.33. The van der Waals surface area contributed by atoms with Crippen LogP contribution in [0.1, 0.15) is 19.4 Å². The van der Waals surface area contributed by atoms with E-state index in [1.807, 2.05) is 39.0 Å². The van der Waals surface area contributed by atoms with Gasteiger partial charge in [-0.3, -0.25) is 4.79 Å². The lowest BCUT2D eigenvalue weighted by molar-refractivity contribution is -0.149. The van der Waals surface area contributed by atoms with E-state index in [4.69, 9.17) is 16.3 Å². The fraction of sp³-hybridized carbons (Fsp3) is 0.462. The number of esters is 1. The predicted octanol–water partition coefficient (Wildman–Crippen LogP) is 3.26. The molecule has 0 amide bonds. The van der Waals surface area contributed by atoms with E-state index in [0.29, 0.717) is 11.6 Å². The van der Waals surface area contributed by atoms with Crippen molar-refractivity contribution in [1.82, 2.24) is 0 Å². The molecule has 17 heavy (non-hydrogen) atoms. The van der Waals surface area contributed by atoms with Crippen LogP contribution in [0, 0.1) is 12.3 Å². The summed E-state index contributed by atoms with van der Waals surface area (Å²) in [7, 11) is 1.39. The Hall–Kier alpha value is -1.22. The molecule has 0 unspecified atom stereocenters. The first-order valence-corrected chi connectivity index (χ1v) is 5.83. The van der Waals surface area contributed by atoms with Gasteiger partial charge in [-0.1, -0.05) is 17.7 Å². The second kappa shape index (κ2) is 5.41. The Kier molecular flexibility index (Phi) is 4.40. The van der Waals surface area contributed by atoms with Crippen LogP contribution in [0.5, 0.6) is 0 Å². The second-order valence-electron chi connectivity index (χ2n) is 4.71. The van der Waals surface area contributed by atoms with E-state index < -0.39 is 5.41 Å². The van der Waals surface area contributed by atoms with Gasteiger partial charge in [0.1, 0.15) is 0 Å². The number of aryl methyl sites for hydroxylation is 1. The smallest absolute Gasteiger partial charge is 0.313 e. The molecule has 1 aromatic carbocycles. The van der Waals surface area contributed by atoms with Crippen LogP contribution < -0.4 is 5.32 Å². The molecule has 0 aliphatic heterocycles. The summed E-state index contributed by atoms with van der Waals surface area (Å²) in [6.45, 7) is 6.11. The van der Waals surface area contributed by atoms with Crippen molar-refractivity contribution in [2.24, 2.45) is 5.41 Å². The Bertz CT molecular complexity index is 416. The average molecular weight is 256 g/mol. The molecule has 0 atom stereocenters. The molecule has 0 aliphatic rings. The van der Waals surface area contributed by atoms with Crippen molar-refractivity contribution in [2.45, 2.75) is 20.8 Å². The SMILES string of the molecule is COC(=O)C(C)(C)CNc1ccc(C)cc1Cl. The molecule has 0 aliphatic carbocycles. The number of carbonyl (C=O) groups is 1. The molecular formula is C13H18ClNO2. The minimum Gasteiger partial charge on any atom is -0.469 e. The number of methoxy groups -OCH3 is 1. The number of hydrogen-bond acceptors (Lipinski definition) is 3. The highest BCUT2D eigenvalue weighted by Gasteiger charge is 2.28. The van der Waals surface area contributed by atoms with E-state index in [1.54, 1.807) is 0 Å². The molecule has 94 valence electrons. The number of benzene rings is 1. The van der Waals surface area contributed by atoms with Gasteiger partial charge in [0.25, 0.3) is 0 Å². The lowest BCUT2D eigenvalue weighted by Crippen LogP contribution is -2.33. The van der Waals surface area contributed by atoms with Gasteiger partial charge in [-0.05, 0) is 38.5 Å². The van der Waals surface area contributed by atoms with Crippen LogP contribution in [0.4, 0.5) is 5.69 Å². The number of halogens is 1. The summed E-state index contributed by atoms with van der Waals surface area (Å²) in [6, 6.07) is 5.76. The van der Waals surface area contributed by atoms with Crippen molar-refractivity contribution in [1.29, 1.82) is 0 Å². The van der Waals surface area contributed by atoms with Crippen LogP contribution >= 0.6 is 11.6 Å². The first-order valence-electron chi connectivity index (χ1n) is 5.45. The molecule has 0 saturated heterocycles. The third kappa shape index (κ3) is 3.63. The molecule has 0 spiro atoms. The van der Waals surface area contributed by atoms with E-state index >= 15 is 0 Å². The summed E-state index contributed by atoms with van der Waals surface area (Å²) in [6.07, 6.45) is 0. The summed E-state index contributed by atoms with van der Waals surface area (Å²) in [5.74, 6) is -0.242. The van der Waals surface area contributed by atoms with Crippen molar-refractivity contribution in [2.75, 3.05) is 19.0 Å². The Morgan fingerprint density at radius 2 is 2.12 bits per heavy atom. The van der Waals surface area contributed by atoms with E-state index in [9.17, 15) is 4.79 Å². The molecule has 1 rings (SSSR count). The molecule has 0 aromatic heterocycles. The summed E-state index contributed by atoms with van der Waals surface area (Å²) in [5.41, 5.74) is 1.35. The minimum absolute atomic E-state index is 0.242. The van der Waals surface area contributed by atoms with Crippen molar-refractivity contribution < 1.29 is 9.53 Å². The minimum atomic E-state index is -0.580. The van der Waals surface area contributed by atoms with Crippen LogP contribution in [0.15, 0.2) is 18.2 Å². The largest absolute Gasteiger partial charge is 0.469 e. The van der Waals surface area contributed by atoms with Crippen LogP contribution in [0.2, 0.25) is 5.02 Å². The number of ether oxygens (including phenoxy) is 1. The van der Waals surface area contributed by atoms with Crippen LogP contribution in [0.3, 0.4) is 0 Å². The summed E-state index contributed by atoms with van der Waals surface area (Å²) >= 11 is 6.09. The molecule has 0 heterocycles. The topological polar surface area (TPSA) is 38.3 Å². The second-order valence-corrected chi connectivity index (χ2v) is 5.12. The summed E-state index contributed by atoms with van der Waals surface area (Å²) in [4.78, 5) is 11.5. The Morgan fingerprint density at radius 1 is 1.47 bits per heavy atom. The standard InChI is InChI=1S/C13H18ClNO2/c1-9-5-6-11(10(14)7-9)15-8-13(2,3)12(16)17-4/h5-7,15H,8H2,1-4H3. The average Bonchev–Trinajstić information content (AvgIpc) is 2.26. The van der Waals surface area contributed by atoms with Crippen LogP contribution in [-0.2, 0) is 9.53 Å². The van der Waals surface area contributed by atoms with Gasteiger partial charge in [-0.25, -0.2) is 0 Å². The number of rotatable bonds is 4. The van der Waals surface area contributed by atoms with Gasteiger partial charge in [-0.2, -0.15) is 0 Å². The zero-order chi connectivity index (χ0) is 13.1. The normalized spacial score (nSPS) is 11.1. The van der Waals surface area contributed by atoms with Gasteiger partial charge in [0.15, 0.2) is 0 Å². The molecular weight excluding hydrogens is 238 g/mol. The van der Waals surface area contributed by atoms with Crippen molar-refractivity contribution in [3.8, 4) is 0 Å². The molecule has 1 N–H and O–H groups in total. The quantitative estimate of drug-likeness (QED) is 0.840. The van der Waals surface area contributed by atoms with E-state index in [1.165, 1.54) is 7.11 Å². The van der Waals surface area contributed by atoms with E-state index in [-0.39, 0.29) is 5.97 Å². The van der Waals surface area contributed by atoms with E-state index in [2.05, 4.69) is 5.32 Å². The molecule has 0 saturated carbocycles. The summed E-state index contributed by atoms with van der Waals surface area (Å²) < 4.78 is 4.74. The molecule has 1 aromatic rings.